The minimum absolute atomic E-state index is 0.283. The van der Waals surface area contributed by atoms with E-state index in [1.807, 2.05) is 26.8 Å². The fraction of sp³-hybridized carbons (Fsp3) is 0.500. The summed E-state index contributed by atoms with van der Waals surface area (Å²) in [6.45, 7) is 6.43. The molecule has 0 spiro atoms. The average Bonchev–Trinajstić information content (AvgIpc) is 2.63. The summed E-state index contributed by atoms with van der Waals surface area (Å²) in [5, 5.41) is 0. The quantitative estimate of drug-likeness (QED) is 0.701. The summed E-state index contributed by atoms with van der Waals surface area (Å²) in [5.41, 5.74) is 1.52. The predicted octanol–water partition coefficient (Wildman–Crippen LogP) is 3.10. The molecular weight excluding hydrogens is 256 g/mol. The molecule has 0 heterocycles. The highest BCUT2D eigenvalue weighted by Gasteiger charge is 2.24. The van der Waals surface area contributed by atoms with Crippen LogP contribution in [0, 0.1) is 0 Å². The zero-order valence-corrected chi connectivity index (χ0v) is 12.4. The molecule has 0 aromatic rings. The second-order valence-corrected chi connectivity index (χ2v) is 4.63. The van der Waals surface area contributed by atoms with Gasteiger partial charge in [0.1, 0.15) is 0 Å². The number of esters is 2. The van der Waals surface area contributed by atoms with Crippen molar-refractivity contribution < 1.29 is 19.1 Å². The SMILES string of the molecule is CCCOC(=O)C1=CCC=C(C)C=C1C(=O)OCCC. The second-order valence-electron chi connectivity index (χ2n) is 4.63. The predicted molar refractivity (Wildman–Crippen MR) is 77.0 cm³/mol. The lowest BCUT2D eigenvalue weighted by molar-refractivity contribution is -0.142. The number of carbonyl (C=O) groups is 2. The van der Waals surface area contributed by atoms with Crippen molar-refractivity contribution in [3.05, 3.63) is 34.9 Å². The van der Waals surface area contributed by atoms with Gasteiger partial charge in [0.05, 0.1) is 24.4 Å². The molecule has 0 radical (unpaired) electrons. The Kier molecular flexibility index (Phi) is 6.77. The van der Waals surface area contributed by atoms with Crippen molar-refractivity contribution in [3.63, 3.8) is 0 Å². The molecule has 4 nitrogen and oxygen atoms in total. The van der Waals surface area contributed by atoms with E-state index in [4.69, 9.17) is 9.47 Å². The maximum absolute atomic E-state index is 12.1. The van der Waals surface area contributed by atoms with Gasteiger partial charge >= 0.3 is 11.9 Å². The molecule has 0 saturated heterocycles. The Labute approximate surface area is 120 Å². The Bertz CT molecular complexity index is 455. The lowest BCUT2D eigenvalue weighted by Gasteiger charge is -2.11. The van der Waals surface area contributed by atoms with Gasteiger partial charge in [-0.15, -0.1) is 0 Å². The van der Waals surface area contributed by atoms with Crippen LogP contribution in [-0.4, -0.2) is 25.2 Å². The Balaban J connectivity index is 2.94. The normalized spacial score (nSPS) is 14.7. The van der Waals surface area contributed by atoms with Crippen molar-refractivity contribution in [1.29, 1.82) is 0 Å². The smallest absolute Gasteiger partial charge is 0.339 e. The highest BCUT2D eigenvalue weighted by Crippen LogP contribution is 2.21. The summed E-state index contributed by atoms with van der Waals surface area (Å²) in [4.78, 5) is 24.1. The van der Waals surface area contributed by atoms with E-state index in [1.54, 1.807) is 12.2 Å². The van der Waals surface area contributed by atoms with Crippen LogP contribution in [0.5, 0.6) is 0 Å². The van der Waals surface area contributed by atoms with Crippen molar-refractivity contribution in [2.24, 2.45) is 0 Å². The molecule has 0 aromatic carbocycles. The third-order valence-electron chi connectivity index (χ3n) is 2.74. The van der Waals surface area contributed by atoms with E-state index in [1.165, 1.54) is 0 Å². The fourth-order valence-corrected chi connectivity index (χ4v) is 1.74. The van der Waals surface area contributed by atoms with E-state index in [2.05, 4.69) is 0 Å². The van der Waals surface area contributed by atoms with Gasteiger partial charge in [-0.3, -0.25) is 0 Å². The molecule has 0 amide bonds. The number of carbonyl (C=O) groups excluding carboxylic acids is 2. The van der Waals surface area contributed by atoms with Crippen molar-refractivity contribution in [2.45, 2.75) is 40.0 Å². The maximum Gasteiger partial charge on any atom is 0.339 e. The standard InChI is InChI=1S/C16H22O4/c1-4-9-19-15(17)13-8-6-7-12(3)11-14(13)16(18)20-10-5-2/h7-8,11H,4-6,9-10H2,1-3H3. The van der Waals surface area contributed by atoms with Gasteiger partial charge in [-0.05, 0) is 32.3 Å². The molecule has 0 aliphatic heterocycles. The van der Waals surface area contributed by atoms with E-state index < -0.39 is 11.9 Å². The fourth-order valence-electron chi connectivity index (χ4n) is 1.74. The number of rotatable bonds is 6. The largest absolute Gasteiger partial charge is 0.462 e. The minimum atomic E-state index is -0.471. The number of allylic oxidation sites excluding steroid dienone is 4. The van der Waals surface area contributed by atoms with E-state index in [9.17, 15) is 9.59 Å². The van der Waals surface area contributed by atoms with Crippen molar-refractivity contribution >= 4 is 11.9 Å². The third kappa shape index (κ3) is 4.68. The lowest BCUT2D eigenvalue weighted by atomic mass is 10.0. The highest BCUT2D eigenvalue weighted by atomic mass is 16.5. The Morgan fingerprint density at radius 1 is 1.00 bits per heavy atom. The van der Waals surface area contributed by atoms with Gasteiger partial charge in [0, 0.05) is 0 Å². The molecule has 0 bridgehead atoms. The van der Waals surface area contributed by atoms with E-state index in [0.717, 1.165) is 18.4 Å². The molecule has 1 rings (SSSR count). The first-order valence-corrected chi connectivity index (χ1v) is 7.03. The molecule has 110 valence electrons. The third-order valence-corrected chi connectivity index (χ3v) is 2.74. The van der Waals surface area contributed by atoms with Crippen LogP contribution >= 0.6 is 0 Å². The summed E-state index contributed by atoms with van der Waals surface area (Å²) in [7, 11) is 0. The molecule has 4 heteroatoms. The number of hydrogen-bond donors (Lipinski definition) is 0. The Hall–Kier alpha value is -1.84. The summed E-state index contributed by atoms with van der Waals surface area (Å²) >= 11 is 0. The van der Waals surface area contributed by atoms with Crippen LogP contribution in [0.3, 0.4) is 0 Å². The monoisotopic (exact) mass is 278 g/mol. The molecule has 0 N–H and O–H groups in total. The topological polar surface area (TPSA) is 52.6 Å². The van der Waals surface area contributed by atoms with Gasteiger partial charge in [-0.1, -0.05) is 31.6 Å². The van der Waals surface area contributed by atoms with Gasteiger partial charge in [-0.2, -0.15) is 0 Å². The summed E-state index contributed by atoms with van der Waals surface area (Å²) < 4.78 is 10.3. The van der Waals surface area contributed by atoms with Crippen molar-refractivity contribution in [1.82, 2.24) is 0 Å². The van der Waals surface area contributed by atoms with Crippen LogP contribution in [0.1, 0.15) is 40.0 Å². The molecule has 0 aromatic heterocycles. The van der Waals surface area contributed by atoms with E-state index in [0.29, 0.717) is 25.2 Å². The van der Waals surface area contributed by atoms with Gasteiger partial charge in [0.2, 0.25) is 0 Å². The molecule has 0 unspecified atom stereocenters. The highest BCUT2D eigenvalue weighted by molar-refractivity contribution is 6.07. The molecule has 0 fully saturated rings. The zero-order chi connectivity index (χ0) is 15.0. The maximum atomic E-state index is 12.1. The van der Waals surface area contributed by atoms with Crippen molar-refractivity contribution in [3.8, 4) is 0 Å². The number of hydrogen-bond acceptors (Lipinski definition) is 4. The van der Waals surface area contributed by atoms with Crippen LogP contribution in [0.2, 0.25) is 0 Å². The summed E-state index contributed by atoms with van der Waals surface area (Å²) in [6, 6.07) is 0. The van der Waals surface area contributed by atoms with E-state index in [-0.39, 0.29) is 5.57 Å². The second kappa shape index (κ2) is 8.35. The van der Waals surface area contributed by atoms with Gasteiger partial charge < -0.3 is 9.47 Å². The molecular formula is C16H22O4. The van der Waals surface area contributed by atoms with E-state index >= 15 is 0 Å². The lowest BCUT2D eigenvalue weighted by Crippen LogP contribution is -2.17. The van der Waals surface area contributed by atoms with Crippen LogP contribution in [-0.2, 0) is 19.1 Å². The Morgan fingerprint density at radius 2 is 1.55 bits per heavy atom. The molecule has 20 heavy (non-hydrogen) atoms. The summed E-state index contributed by atoms with van der Waals surface area (Å²) in [6.07, 6.45) is 7.44. The first-order chi connectivity index (χ1) is 9.60. The van der Waals surface area contributed by atoms with Gasteiger partial charge in [0.25, 0.3) is 0 Å². The van der Waals surface area contributed by atoms with Crippen molar-refractivity contribution in [2.75, 3.05) is 13.2 Å². The molecule has 1 aliphatic carbocycles. The zero-order valence-electron chi connectivity index (χ0n) is 12.4. The first kappa shape index (κ1) is 16.2. The molecule has 1 aliphatic rings. The Morgan fingerprint density at radius 3 is 2.10 bits per heavy atom. The summed E-state index contributed by atoms with van der Waals surface area (Å²) in [5.74, 6) is -0.934. The first-order valence-electron chi connectivity index (χ1n) is 7.03. The number of ether oxygens (including phenoxy) is 2. The van der Waals surface area contributed by atoms with Gasteiger partial charge in [-0.25, -0.2) is 9.59 Å². The van der Waals surface area contributed by atoms with Crippen LogP contribution in [0.15, 0.2) is 34.9 Å². The van der Waals surface area contributed by atoms with Crippen LogP contribution in [0.4, 0.5) is 0 Å². The molecule has 0 saturated carbocycles. The van der Waals surface area contributed by atoms with Crippen LogP contribution in [0.25, 0.3) is 0 Å². The van der Waals surface area contributed by atoms with Crippen LogP contribution < -0.4 is 0 Å². The average molecular weight is 278 g/mol. The minimum Gasteiger partial charge on any atom is -0.462 e. The van der Waals surface area contributed by atoms with Gasteiger partial charge in [0.15, 0.2) is 0 Å². The molecule has 0 atom stereocenters.